The van der Waals surface area contributed by atoms with Crippen LogP contribution in [0, 0.1) is 5.92 Å². The molecule has 1 amide bonds. The van der Waals surface area contributed by atoms with Crippen molar-refractivity contribution in [1.29, 1.82) is 0 Å². The lowest BCUT2D eigenvalue weighted by atomic mass is 9.97. The molecule has 39 heavy (non-hydrogen) atoms. The second-order valence-corrected chi connectivity index (χ2v) is 22.4. The Morgan fingerprint density at radius 1 is 0.846 bits per heavy atom. The molecule has 1 unspecified atom stereocenters. The summed E-state index contributed by atoms with van der Waals surface area (Å²) in [5.74, 6) is -0.803. The van der Waals surface area contributed by atoms with E-state index in [2.05, 4.69) is 60.0 Å². The summed E-state index contributed by atoms with van der Waals surface area (Å²) in [4.78, 5) is 25.5. The van der Waals surface area contributed by atoms with E-state index in [1.807, 2.05) is 51.1 Å². The molecule has 1 N–H and O–H groups in total. The number of benzene rings is 1. The van der Waals surface area contributed by atoms with Crippen LogP contribution >= 0.6 is 0 Å². The monoisotopic (exact) mass is 583 g/mol. The van der Waals surface area contributed by atoms with Crippen molar-refractivity contribution in [2.45, 2.75) is 104 Å². The molecular weight excluding hydrogens is 530 g/mol. The van der Waals surface area contributed by atoms with Crippen molar-refractivity contribution in [3.63, 3.8) is 0 Å². The van der Waals surface area contributed by atoms with Crippen molar-refractivity contribution in [2.24, 2.45) is 5.92 Å². The van der Waals surface area contributed by atoms with E-state index in [1.54, 1.807) is 7.11 Å². The van der Waals surface area contributed by atoms with Crippen molar-refractivity contribution in [2.75, 3.05) is 27.4 Å². The number of rotatable bonds is 12. The summed E-state index contributed by atoms with van der Waals surface area (Å²) in [5, 5.41) is 3.61. The molecular formula is C29H53NO7Si2. The fourth-order valence-corrected chi connectivity index (χ4v) is 8.52. The van der Waals surface area contributed by atoms with Crippen LogP contribution in [0.1, 0.15) is 68.7 Å². The molecule has 0 spiro atoms. The Morgan fingerprint density at radius 3 is 1.85 bits per heavy atom. The predicted octanol–water partition coefficient (Wildman–Crippen LogP) is 5.89. The van der Waals surface area contributed by atoms with E-state index in [0.29, 0.717) is 0 Å². The molecule has 0 heterocycles. The maximum atomic E-state index is 13.0. The molecule has 0 aliphatic carbocycles. The third-order valence-corrected chi connectivity index (χ3v) is 16.0. The van der Waals surface area contributed by atoms with Crippen LogP contribution in [0.2, 0.25) is 23.2 Å². The first-order chi connectivity index (χ1) is 17.7. The van der Waals surface area contributed by atoms with Gasteiger partial charge in [0.15, 0.2) is 8.32 Å². The molecule has 0 saturated heterocycles. The minimum Gasteiger partial charge on any atom is -0.469 e. The molecule has 8 nitrogen and oxygen atoms in total. The highest BCUT2D eigenvalue weighted by molar-refractivity contribution is 6.83. The van der Waals surface area contributed by atoms with E-state index in [4.69, 9.17) is 22.8 Å². The zero-order chi connectivity index (χ0) is 30.3. The van der Waals surface area contributed by atoms with Gasteiger partial charge in [0.05, 0.1) is 26.2 Å². The van der Waals surface area contributed by atoms with Gasteiger partial charge in [-0.15, -0.1) is 0 Å². The van der Waals surface area contributed by atoms with Gasteiger partial charge >= 0.3 is 20.6 Å². The molecule has 1 aromatic carbocycles. The Hall–Kier alpha value is -1.73. The Morgan fingerprint density at radius 2 is 1.41 bits per heavy atom. The molecule has 1 rings (SSSR count). The second-order valence-electron chi connectivity index (χ2n) is 13.6. The average molecular weight is 584 g/mol. The van der Waals surface area contributed by atoms with Gasteiger partial charge < -0.3 is 28.1 Å². The maximum absolute atomic E-state index is 13.0. The van der Waals surface area contributed by atoms with Crippen molar-refractivity contribution >= 4 is 34.1 Å². The van der Waals surface area contributed by atoms with Crippen LogP contribution in [0.15, 0.2) is 30.3 Å². The molecule has 0 fully saturated rings. The topological polar surface area (TPSA) is 92.3 Å². The van der Waals surface area contributed by atoms with E-state index in [9.17, 15) is 9.59 Å². The number of esters is 1. The molecule has 3 atom stereocenters. The third-order valence-electron chi connectivity index (χ3n) is 7.29. The number of carbonyl (C=O) groups is 2. The van der Waals surface area contributed by atoms with E-state index < -0.39 is 40.5 Å². The molecule has 10 heteroatoms. The van der Waals surface area contributed by atoms with Crippen LogP contribution in [0.25, 0.3) is 0 Å². The summed E-state index contributed by atoms with van der Waals surface area (Å²) in [6, 6.07) is 9.33. The highest BCUT2D eigenvalue weighted by atomic mass is 28.4. The highest BCUT2D eigenvalue weighted by Gasteiger charge is 2.51. The maximum Gasteiger partial charge on any atom is 0.407 e. The normalized spacial score (nSPS) is 16.1. The van der Waals surface area contributed by atoms with Crippen LogP contribution in [0.4, 0.5) is 4.79 Å². The third kappa shape index (κ3) is 10.3. The summed E-state index contributed by atoms with van der Waals surface area (Å²) < 4.78 is 30.1. The number of hydrogen-bond donors (Lipinski definition) is 1. The van der Waals surface area contributed by atoms with Crippen LogP contribution in [-0.2, 0) is 27.5 Å². The van der Waals surface area contributed by atoms with E-state index in [-0.39, 0.29) is 35.7 Å². The number of alkyl carbamates (subject to hydrolysis) is 1. The molecule has 0 aliphatic rings. The summed E-state index contributed by atoms with van der Waals surface area (Å²) in [6.07, 6.45) is -0.532. The van der Waals surface area contributed by atoms with Crippen molar-refractivity contribution in [3.05, 3.63) is 30.3 Å². The van der Waals surface area contributed by atoms with Gasteiger partial charge in [0.25, 0.3) is 0 Å². The minimum absolute atomic E-state index is 0.0227. The van der Waals surface area contributed by atoms with Gasteiger partial charge in [-0.25, -0.2) is 4.79 Å². The Kier molecular flexibility index (Phi) is 12.5. The first-order valence-electron chi connectivity index (χ1n) is 13.6. The lowest BCUT2D eigenvalue weighted by molar-refractivity contribution is -0.142. The summed E-state index contributed by atoms with van der Waals surface area (Å²) in [6.45, 7) is 22.9. The van der Waals surface area contributed by atoms with Gasteiger partial charge in [-0.05, 0) is 44.1 Å². The van der Waals surface area contributed by atoms with Crippen LogP contribution in [0.5, 0.6) is 0 Å². The van der Waals surface area contributed by atoms with Gasteiger partial charge in [-0.3, -0.25) is 4.79 Å². The van der Waals surface area contributed by atoms with E-state index >= 15 is 0 Å². The van der Waals surface area contributed by atoms with E-state index in [0.717, 1.165) is 5.19 Å². The lowest BCUT2D eigenvalue weighted by Crippen LogP contribution is -2.62. The van der Waals surface area contributed by atoms with E-state index in [1.165, 1.54) is 7.11 Å². The summed E-state index contributed by atoms with van der Waals surface area (Å²) in [7, 11) is -2.15. The van der Waals surface area contributed by atoms with Crippen molar-refractivity contribution in [3.8, 4) is 0 Å². The number of nitrogens with one attached hydrogen (secondary N) is 1. The van der Waals surface area contributed by atoms with Crippen molar-refractivity contribution in [1.82, 2.24) is 5.32 Å². The average Bonchev–Trinajstić information content (AvgIpc) is 2.79. The standard InChI is InChI=1S/C29H53NO7Si2/c1-27(2,3)37-26(32)30-24(22(19-25(31)33-10)20-35-38(12,13)28(4,5)6)21-36-39(34-11,29(7,8)9)23-17-15-14-16-18-23/h14-18,22,24H,19-21H2,1-13H3,(H,30,32)/t22-,24+,39?/m0/s1. The number of hydrogen-bond acceptors (Lipinski definition) is 7. The zero-order valence-corrected chi connectivity index (χ0v) is 28.5. The minimum atomic E-state index is -3.03. The van der Waals surface area contributed by atoms with Gasteiger partial charge in [0.2, 0.25) is 0 Å². The van der Waals surface area contributed by atoms with Gasteiger partial charge in [-0.1, -0.05) is 71.9 Å². The summed E-state index contributed by atoms with van der Waals surface area (Å²) >= 11 is 0. The van der Waals surface area contributed by atoms with Crippen LogP contribution in [0.3, 0.4) is 0 Å². The molecule has 1 aromatic rings. The fraction of sp³-hybridized carbons (Fsp3) is 0.724. The van der Waals surface area contributed by atoms with Crippen LogP contribution in [-0.4, -0.2) is 68.0 Å². The number of amides is 1. The van der Waals surface area contributed by atoms with Gasteiger partial charge in [-0.2, -0.15) is 0 Å². The van der Waals surface area contributed by atoms with Gasteiger partial charge in [0.1, 0.15) is 5.60 Å². The largest absolute Gasteiger partial charge is 0.469 e. The van der Waals surface area contributed by atoms with Gasteiger partial charge in [0, 0.05) is 24.7 Å². The number of methoxy groups -OCH3 is 1. The molecule has 0 radical (unpaired) electrons. The SMILES string of the molecule is COC(=O)C[C@@H](CO[Si](C)(C)C(C)(C)C)[C@@H](CO[Si](OC)(c1ccccc1)C(C)(C)C)NC(=O)OC(C)(C)C. The zero-order valence-electron chi connectivity index (χ0n) is 26.5. The quantitative estimate of drug-likeness (QED) is 0.242. The highest BCUT2D eigenvalue weighted by Crippen LogP contribution is 2.39. The fourth-order valence-electron chi connectivity index (χ4n) is 3.98. The first kappa shape index (κ1) is 35.3. The summed E-state index contributed by atoms with van der Waals surface area (Å²) in [5.41, 5.74) is -0.689. The predicted molar refractivity (Wildman–Crippen MR) is 161 cm³/mol. The van der Waals surface area contributed by atoms with Crippen LogP contribution < -0.4 is 10.5 Å². The Bertz CT molecular complexity index is 920. The first-order valence-corrected chi connectivity index (χ1v) is 18.4. The molecule has 224 valence electrons. The molecule has 0 bridgehead atoms. The molecule has 0 aromatic heterocycles. The number of ether oxygens (including phenoxy) is 2. The molecule has 0 aliphatic heterocycles. The Labute approximate surface area is 238 Å². The molecule has 0 saturated carbocycles. The number of carbonyl (C=O) groups excluding carboxylic acids is 2. The smallest absolute Gasteiger partial charge is 0.407 e. The Balaban J connectivity index is 3.48. The second kappa shape index (κ2) is 13.8. The lowest BCUT2D eigenvalue weighted by Gasteiger charge is -2.42. The van der Waals surface area contributed by atoms with Crippen molar-refractivity contribution < 1.29 is 32.3 Å².